The summed E-state index contributed by atoms with van der Waals surface area (Å²) in [6.07, 6.45) is -0.206. The number of nitrogens with zero attached hydrogens (tertiary/aromatic N) is 3. The van der Waals surface area contributed by atoms with Crippen molar-refractivity contribution in [2.45, 2.75) is 106 Å². The normalized spacial score (nSPS) is 12.8. The monoisotopic (exact) mass is 489 g/mol. The molecule has 0 aliphatic heterocycles. The van der Waals surface area contributed by atoms with Crippen molar-refractivity contribution in [1.29, 1.82) is 5.26 Å². The predicted molar refractivity (Wildman–Crippen MR) is 143 cm³/mol. The van der Waals surface area contributed by atoms with Crippen LogP contribution in [0.4, 0.5) is 0 Å². The van der Waals surface area contributed by atoms with Gasteiger partial charge >= 0.3 is 0 Å². The fraction of sp³-hybridized carbons (Fsp3) is 0.593. The van der Waals surface area contributed by atoms with Crippen molar-refractivity contribution >= 4 is 8.45 Å². The maximum Gasteiger partial charge on any atom is 0.189 e. The Labute approximate surface area is 209 Å². The summed E-state index contributed by atoms with van der Waals surface area (Å²) in [5.74, 6) is 2.18. The first-order valence-electron chi connectivity index (χ1n) is 12.0. The summed E-state index contributed by atoms with van der Waals surface area (Å²) in [7, 11) is -1.16. The molecule has 0 spiro atoms. The number of hydrogen-bond acceptors (Lipinski definition) is 6. The van der Waals surface area contributed by atoms with Gasteiger partial charge in [-0.1, -0.05) is 19.2 Å². The zero-order valence-electron chi connectivity index (χ0n) is 22.8. The average Bonchev–Trinajstić information content (AvgIpc) is 2.67. The Balaban J connectivity index is 3.56. The first-order chi connectivity index (χ1) is 15.8. The first-order valence-corrected chi connectivity index (χ1v) is 13.2. The highest BCUT2D eigenvalue weighted by molar-refractivity contribution is 7.47. The zero-order chi connectivity index (χ0) is 26.2. The number of hydrogen-bond donors (Lipinski definition) is 0. The van der Waals surface area contributed by atoms with Crippen LogP contribution in [0.15, 0.2) is 42.9 Å². The minimum Gasteiger partial charge on any atom is -0.459 e. The van der Waals surface area contributed by atoms with Crippen LogP contribution in [-0.2, 0) is 4.52 Å². The van der Waals surface area contributed by atoms with Crippen molar-refractivity contribution in [2.24, 2.45) is 0 Å². The number of rotatable bonds is 14. The van der Waals surface area contributed by atoms with Crippen LogP contribution in [0.2, 0.25) is 0 Å². The topological polar surface area (TPSA) is 58.0 Å². The molecular weight excluding hydrogens is 445 g/mol. The van der Waals surface area contributed by atoms with Crippen molar-refractivity contribution in [2.75, 3.05) is 0 Å². The summed E-state index contributed by atoms with van der Waals surface area (Å²) in [6, 6.07) is 9.09. The van der Waals surface area contributed by atoms with Gasteiger partial charge in [0.05, 0.1) is 24.0 Å². The second kappa shape index (κ2) is 13.9. The molecule has 0 N–H and O–H groups in total. The lowest BCUT2D eigenvalue weighted by Gasteiger charge is -2.46. The van der Waals surface area contributed by atoms with E-state index in [1.165, 1.54) is 0 Å². The van der Waals surface area contributed by atoms with Gasteiger partial charge in [-0.2, -0.15) is 5.26 Å². The molecule has 190 valence electrons. The average molecular weight is 490 g/mol. The van der Waals surface area contributed by atoms with Crippen LogP contribution in [0.3, 0.4) is 0 Å². The second-order valence-corrected chi connectivity index (χ2v) is 11.3. The molecule has 0 amide bonds. The molecule has 34 heavy (non-hydrogen) atoms. The molecule has 0 bridgehead atoms. The van der Waals surface area contributed by atoms with E-state index in [9.17, 15) is 5.26 Å². The molecule has 1 aromatic rings. The van der Waals surface area contributed by atoms with Crippen LogP contribution >= 0.6 is 8.45 Å². The molecule has 1 atom stereocenters. The minimum atomic E-state index is -1.16. The van der Waals surface area contributed by atoms with Crippen molar-refractivity contribution in [3.63, 3.8) is 0 Å². The SMILES string of the molecule is C=C(C)Oc1ccc(C(CC#N)OP(N(C(C)C)C(C)C)N(C(C)C)C(C)C)cc1OC(=C)C. The molecule has 0 aliphatic carbocycles. The third-order valence-corrected chi connectivity index (χ3v) is 8.00. The Morgan fingerprint density at radius 1 is 0.853 bits per heavy atom. The molecule has 7 heteroatoms. The highest BCUT2D eigenvalue weighted by atomic mass is 31.2. The number of benzene rings is 1. The number of ether oxygens (including phenoxy) is 2. The van der Waals surface area contributed by atoms with Gasteiger partial charge in [0.15, 0.2) is 19.9 Å². The van der Waals surface area contributed by atoms with E-state index in [-0.39, 0.29) is 30.6 Å². The maximum atomic E-state index is 9.68. The fourth-order valence-corrected chi connectivity index (χ4v) is 6.35. The van der Waals surface area contributed by atoms with Crippen LogP contribution in [-0.4, -0.2) is 33.5 Å². The molecule has 1 unspecified atom stereocenters. The molecule has 0 heterocycles. The van der Waals surface area contributed by atoms with Gasteiger partial charge in [0.2, 0.25) is 0 Å². The van der Waals surface area contributed by atoms with Gasteiger partial charge in [0, 0.05) is 24.2 Å². The van der Waals surface area contributed by atoms with Gasteiger partial charge < -0.3 is 14.0 Å². The lowest BCUT2D eigenvalue weighted by Crippen LogP contribution is -2.43. The zero-order valence-corrected chi connectivity index (χ0v) is 23.6. The highest BCUT2D eigenvalue weighted by Gasteiger charge is 2.36. The Morgan fingerprint density at radius 3 is 1.68 bits per heavy atom. The molecule has 0 fully saturated rings. The van der Waals surface area contributed by atoms with Crippen LogP contribution in [0.5, 0.6) is 11.5 Å². The van der Waals surface area contributed by atoms with E-state index in [4.69, 9.17) is 14.0 Å². The maximum absolute atomic E-state index is 9.68. The summed E-state index contributed by atoms with van der Waals surface area (Å²) in [6.45, 7) is 28.8. The summed E-state index contributed by atoms with van der Waals surface area (Å²) < 4.78 is 23.3. The van der Waals surface area contributed by atoms with Gasteiger partial charge in [-0.05, 0) is 86.9 Å². The molecule has 1 aromatic carbocycles. The molecular formula is C27H44N3O3P. The molecule has 0 aliphatic rings. The van der Waals surface area contributed by atoms with E-state index in [1.54, 1.807) is 13.8 Å². The van der Waals surface area contributed by atoms with E-state index >= 15 is 0 Å². The first kappa shape index (κ1) is 30.1. The van der Waals surface area contributed by atoms with E-state index in [2.05, 4.69) is 84.0 Å². The Kier molecular flexibility index (Phi) is 12.3. The van der Waals surface area contributed by atoms with Gasteiger partial charge in [-0.25, -0.2) is 9.34 Å². The predicted octanol–water partition coefficient (Wildman–Crippen LogP) is 7.95. The van der Waals surface area contributed by atoms with Crippen LogP contribution in [0.25, 0.3) is 0 Å². The van der Waals surface area contributed by atoms with Gasteiger partial charge in [-0.15, -0.1) is 0 Å². The summed E-state index contributed by atoms with van der Waals surface area (Å²) in [4.78, 5) is 0. The molecule has 1 rings (SSSR count). The second-order valence-electron chi connectivity index (χ2n) is 9.66. The summed E-state index contributed by atoms with van der Waals surface area (Å²) >= 11 is 0. The third kappa shape index (κ3) is 8.71. The van der Waals surface area contributed by atoms with Gasteiger partial charge in [0.1, 0.15) is 6.10 Å². The smallest absolute Gasteiger partial charge is 0.189 e. The van der Waals surface area contributed by atoms with Crippen molar-refractivity contribution in [1.82, 2.24) is 9.34 Å². The highest BCUT2D eigenvalue weighted by Crippen LogP contribution is 2.54. The molecule has 0 radical (unpaired) electrons. The molecule has 0 aromatic heterocycles. The molecule has 0 saturated heterocycles. The van der Waals surface area contributed by atoms with Crippen molar-refractivity contribution in [3.8, 4) is 17.6 Å². The van der Waals surface area contributed by atoms with E-state index in [1.807, 2.05) is 18.2 Å². The van der Waals surface area contributed by atoms with Crippen molar-refractivity contribution < 1.29 is 14.0 Å². The van der Waals surface area contributed by atoms with Gasteiger partial charge in [0.25, 0.3) is 0 Å². The van der Waals surface area contributed by atoms with E-state index in [0.29, 0.717) is 23.0 Å². The summed E-state index contributed by atoms with van der Waals surface area (Å²) in [5.41, 5.74) is 0.860. The molecule has 0 saturated carbocycles. The quantitative estimate of drug-likeness (QED) is 0.195. The molecule has 6 nitrogen and oxygen atoms in total. The van der Waals surface area contributed by atoms with E-state index in [0.717, 1.165) is 5.56 Å². The Bertz CT molecular complexity index is 825. The largest absolute Gasteiger partial charge is 0.459 e. The minimum absolute atomic E-state index is 0.222. The van der Waals surface area contributed by atoms with Crippen LogP contribution in [0.1, 0.15) is 87.3 Å². The number of allylic oxidation sites excluding steroid dienone is 2. The fourth-order valence-electron chi connectivity index (χ4n) is 3.89. The van der Waals surface area contributed by atoms with Gasteiger partial charge in [-0.3, -0.25) is 0 Å². The Hall–Kier alpha value is -1.90. The summed E-state index contributed by atoms with van der Waals surface area (Å²) in [5, 5.41) is 9.68. The Morgan fingerprint density at radius 2 is 1.29 bits per heavy atom. The lowest BCUT2D eigenvalue weighted by molar-refractivity contribution is 0.145. The van der Waals surface area contributed by atoms with Crippen LogP contribution < -0.4 is 9.47 Å². The van der Waals surface area contributed by atoms with Crippen molar-refractivity contribution in [3.05, 3.63) is 48.4 Å². The standard InChI is InChI=1S/C27H44N3O3P/c1-18(2)29(19(3)4)34(30(20(5)6)21(7)8)33-25(15-16-28)24-13-14-26(31-22(9)10)27(17-24)32-23(11)12/h13-14,17-21,25H,9,11,15H2,1-8,10,12H3. The van der Waals surface area contributed by atoms with E-state index < -0.39 is 14.6 Å². The number of nitriles is 1. The third-order valence-electron chi connectivity index (χ3n) is 4.92. The van der Waals surface area contributed by atoms with Crippen LogP contribution in [0, 0.1) is 11.3 Å². The lowest BCUT2D eigenvalue weighted by atomic mass is 10.1.